The maximum absolute atomic E-state index is 12.8. The number of hydrogen-bond donors (Lipinski definition) is 1. The average molecular weight is 373 g/mol. The molecule has 2 bridgehead atoms. The summed E-state index contributed by atoms with van der Waals surface area (Å²) in [6.07, 6.45) is 6.79. The zero-order valence-corrected chi connectivity index (χ0v) is 14.8. The molecule has 2 saturated carbocycles. The first kappa shape index (κ1) is 15.9. The fourth-order valence-corrected chi connectivity index (χ4v) is 5.22. The van der Waals surface area contributed by atoms with Crippen molar-refractivity contribution in [2.24, 2.45) is 40.6 Å². The SMILES string of the molecule is COc1cc(/C=N\N2C(=O)[C@@H]3[C@H]4C=C[C@H]([C@H]5C[C@H]45)[C@@H]3C2=O)cc(Cl)c1O. The van der Waals surface area contributed by atoms with E-state index < -0.39 is 0 Å². The highest BCUT2D eigenvalue weighted by molar-refractivity contribution is 6.32. The van der Waals surface area contributed by atoms with Crippen LogP contribution in [0.1, 0.15) is 12.0 Å². The second-order valence-corrected chi connectivity index (χ2v) is 7.85. The number of rotatable bonds is 3. The third-order valence-electron chi connectivity index (χ3n) is 6.23. The van der Waals surface area contributed by atoms with Gasteiger partial charge in [0.2, 0.25) is 0 Å². The van der Waals surface area contributed by atoms with Gasteiger partial charge in [-0.25, -0.2) is 0 Å². The second-order valence-electron chi connectivity index (χ2n) is 7.44. The average Bonchev–Trinajstić information content (AvgIpc) is 3.41. The predicted molar refractivity (Wildman–Crippen MR) is 93.8 cm³/mol. The Balaban J connectivity index is 1.44. The number of benzene rings is 1. The first-order valence-electron chi connectivity index (χ1n) is 8.68. The van der Waals surface area contributed by atoms with Crippen molar-refractivity contribution in [2.75, 3.05) is 7.11 Å². The molecule has 6 atom stereocenters. The fourth-order valence-electron chi connectivity index (χ4n) is 5.00. The number of allylic oxidation sites excluding steroid dienone is 2. The van der Waals surface area contributed by atoms with Gasteiger partial charge in [0, 0.05) is 0 Å². The normalized spacial score (nSPS) is 36.6. The maximum atomic E-state index is 12.8. The number of aromatic hydroxyl groups is 1. The van der Waals surface area contributed by atoms with Gasteiger partial charge in [0.25, 0.3) is 11.8 Å². The van der Waals surface area contributed by atoms with Gasteiger partial charge >= 0.3 is 0 Å². The Kier molecular flexibility index (Phi) is 3.26. The zero-order valence-electron chi connectivity index (χ0n) is 14.0. The van der Waals surface area contributed by atoms with Crippen molar-refractivity contribution < 1.29 is 19.4 Å². The number of carbonyl (C=O) groups is 2. The lowest BCUT2D eigenvalue weighted by Gasteiger charge is -2.37. The minimum atomic E-state index is -0.267. The van der Waals surface area contributed by atoms with E-state index in [1.165, 1.54) is 19.4 Å². The number of hydrazone groups is 1. The monoisotopic (exact) mass is 372 g/mol. The van der Waals surface area contributed by atoms with Gasteiger partial charge in [0.15, 0.2) is 11.5 Å². The Hall–Kier alpha value is -2.34. The molecule has 0 radical (unpaired) electrons. The minimum absolute atomic E-state index is 0.112. The summed E-state index contributed by atoms with van der Waals surface area (Å²) in [6.45, 7) is 0. The molecule has 1 aromatic carbocycles. The smallest absolute Gasteiger partial charge is 0.254 e. The van der Waals surface area contributed by atoms with E-state index >= 15 is 0 Å². The summed E-state index contributed by atoms with van der Waals surface area (Å²) in [7, 11) is 1.42. The van der Waals surface area contributed by atoms with Gasteiger partial charge in [-0.1, -0.05) is 23.8 Å². The Morgan fingerprint density at radius 3 is 2.38 bits per heavy atom. The molecule has 0 spiro atoms. The summed E-state index contributed by atoms with van der Waals surface area (Å²) in [5.74, 6) is 0.564. The van der Waals surface area contributed by atoms with Crippen LogP contribution >= 0.6 is 11.6 Å². The van der Waals surface area contributed by atoms with Gasteiger partial charge in [-0.15, -0.1) is 0 Å². The molecular formula is C19H17ClN2O4. The van der Waals surface area contributed by atoms with E-state index in [-0.39, 0.29) is 52.0 Å². The molecule has 5 aliphatic rings. The lowest BCUT2D eigenvalue weighted by molar-refractivity contribution is -0.140. The molecule has 1 aromatic rings. The van der Waals surface area contributed by atoms with E-state index in [0.717, 1.165) is 11.4 Å². The Bertz CT molecular complexity index is 860. The van der Waals surface area contributed by atoms with E-state index in [2.05, 4.69) is 17.3 Å². The molecule has 6 nitrogen and oxygen atoms in total. The number of nitrogens with zero attached hydrogens (tertiary/aromatic N) is 2. The number of amides is 2. The highest BCUT2D eigenvalue weighted by Crippen LogP contribution is 2.65. The lowest BCUT2D eigenvalue weighted by atomic mass is 9.63. The summed E-state index contributed by atoms with van der Waals surface area (Å²) in [6, 6.07) is 3.05. The van der Waals surface area contributed by atoms with Gasteiger partial charge in [0.05, 0.1) is 30.2 Å². The first-order chi connectivity index (χ1) is 12.5. The van der Waals surface area contributed by atoms with Crippen LogP contribution in [0.5, 0.6) is 11.5 Å². The van der Waals surface area contributed by atoms with Crippen molar-refractivity contribution >= 4 is 29.6 Å². The van der Waals surface area contributed by atoms with Gasteiger partial charge in [-0.2, -0.15) is 10.1 Å². The molecule has 2 amide bonds. The van der Waals surface area contributed by atoms with Crippen LogP contribution in [0.4, 0.5) is 0 Å². The van der Waals surface area contributed by atoms with Crippen LogP contribution in [0.15, 0.2) is 29.4 Å². The molecular weight excluding hydrogens is 356 g/mol. The third kappa shape index (κ3) is 2.02. The van der Waals surface area contributed by atoms with Crippen molar-refractivity contribution in [1.82, 2.24) is 5.01 Å². The summed E-state index contributed by atoms with van der Waals surface area (Å²) in [5.41, 5.74) is 0.532. The number of halogens is 1. The van der Waals surface area contributed by atoms with Crippen molar-refractivity contribution in [3.8, 4) is 11.5 Å². The Morgan fingerprint density at radius 1 is 1.19 bits per heavy atom. The molecule has 134 valence electrons. The molecule has 1 heterocycles. The Labute approximate surface area is 155 Å². The summed E-state index contributed by atoms with van der Waals surface area (Å²) < 4.78 is 5.06. The molecule has 3 fully saturated rings. The van der Waals surface area contributed by atoms with Crippen LogP contribution in [0, 0.1) is 35.5 Å². The third-order valence-corrected chi connectivity index (χ3v) is 6.52. The van der Waals surface area contributed by atoms with Crippen LogP contribution in [-0.4, -0.2) is 35.3 Å². The summed E-state index contributed by atoms with van der Waals surface area (Å²) >= 11 is 5.97. The second kappa shape index (κ2) is 5.33. The number of phenols is 1. The van der Waals surface area contributed by atoms with Crippen molar-refractivity contribution in [2.45, 2.75) is 6.42 Å². The summed E-state index contributed by atoms with van der Waals surface area (Å²) in [4.78, 5) is 25.7. The van der Waals surface area contributed by atoms with Gasteiger partial charge < -0.3 is 9.84 Å². The van der Waals surface area contributed by atoms with Crippen LogP contribution in [0.25, 0.3) is 0 Å². The summed E-state index contributed by atoms with van der Waals surface area (Å²) in [5, 5.41) is 15.1. The molecule has 1 N–H and O–H groups in total. The van der Waals surface area contributed by atoms with Crippen LogP contribution in [0.2, 0.25) is 5.02 Å². The molecule has 7 heteroatoms. The van der Waals surface area contributed by atoms with Gasteiger partial charge in [0.1, 0.15) is 0 Å². The number of imide groups is 1. The molecule has 4 aliphatic carbocycles. The molecule has 1 saturated heterocycles. The van der Waals surface area contributed by atoms with Crippen molar-refractivity contribution in [3.05, 3.63) is 34.9 Å². The van der Waals surface area contributed by atoms with Crippen molar-refractivity contribution in [1.29, 1.82) is 0 Å². The predicted octanol–water partition coefficient (Wildman–Crippen LogP) is 2.44. The van der Waals surface area contributed by atoms with E-state index in [4.69, 9.17) is 16.3 Å². The largest absolute Gasteiger partial charge is 0.503 e. The molecule has 6 rings (SSSR count). The van der Waals surface area contributed by atoms with Crippen molar-refractivity contribution in [3.63, 3.8) is 0 Å². The Morgan fingerprint density at radius 2 is 1.81 bits per heavy atom. The fraction of sp³-hybridized carbons (Fsp3) is 0.421. The van der Waals surface area contributed by atoms with Gasteiger partial charge in [-0.3, -0.25) is 9.59 Å². The van der Waals surface area contributed by atoms with E-state index in [0.29, 0.717) is 17.4 Å². The minimum Gasteiger partial charge on any atom is -0.503 e. The highest BCUT2D eigenvalue weighted by atomic mass is 35.5. The van der Waals surface area contributed by atoms with E-state index in [9.17, 15) is 14.7 Å². The number of phenolic OH excluding ortho intramolecular Hbond substituents is 1. The van der Waals surface area contributed by atoms with E-state index in [1.54, 1.807) is 6.07 Å². The molecule has 0 unspecified atom stereocenters. The standard InChI is InChI=1S/C19H17ClN2O4/c1-26-14-5-8(4-13(20)17(14)23)7-21-22-18(24)15-9-2-3-10(12-6-11(9)12)16(15)19(22)25/h2-5,7,9-12,15-16,23H,6H2,1H3/b21-7-/t9-,10+,11-,12-,15+,16-/m1/s1. The first-order valence-corrected chi connectivity index (χ1v) is 9.05. The van der Waals surface area contributed by atoms with Crippen LogP contribution in [-0.2, 0) is 9.59 Å². The number of hydrogen-bond acceptors (Lipinski definition) is 5. The topological polar surface area (TPSA) is 79.2 Å². The number of ether oxygens (including phenoxy) is 1. The highest BCUT2D eigenvalue weighted by Gasteiger charge is 2.67. The number of methoxy groups -OCH3 is 1. The van der Waals surface area contributed by atoms with Crippen LogP contribution in [0.3, 0.4) is 0 Å². The quantitative estimate of drug-likeness (QED) is 0.502. The van der Waals surface area contributed by atoms with E-state index in [1.807, 2.05) is 0 Å². The van der Waals surface area contributed by atoms with Crippen LogP contribution < -0.4 is 4.74 Å². The maximum Gasteiger partial charge on any atom is 0.254 e. The molecule has 0 aromatic heterocycles. The lowest BCUT2D eigenvalue weighted by Crippen LogP contribution is -2.40. The number of carbonyl (C=O) groups excluding carboxylic acids is 2. The molecule has 1 aliphatic heterocycles. The molecule has 26 heavy (non-hydrogen) atoms. The van der Waals surface area contributed by atoms with Gasteiger partial charge in [-0.05, 0) is 47.8 Å². The zero-order chi connectivity index (χ0) is 18.2.